The van der Waals surface area contributed by atoms with E-state index in [0.717, 1.165) is 11.8 Å². The van der Waals surface area contributed by atoms with E-state index >= 15 is 0 Å². The van der Waals surface area contributed by atoms with Gasteiger partial charge < -0.3 is 4.57 Å². The number of hydrogen-bond acceptors (Lipinski definition) is 2. The standard InChI is InChI=1S/C19H20BrF3N2O/c1-12-10-25-15(6-7-17(20)18(25)26)11-24(12)9-8-14-4-3-5-16(13(14)2)19(21,22)23/h3-7,12H,8-11H2,1-2H3. The molecule has 0 spiro atoms. The second kappa shape index (κ2) is 7.19. The third-order valence-electron chi connectivity index (χ3n) is 5.07. The largest absolute Gasteiger partial charge is 0.416 e. The molecule has 1 unspecified atom stereocenters. The number of halogens is 4. The highest BCUT2D eigenvalue weighted by Gasteiger charge is 2.33. The fraction of sp³-hybridized carbons (Fsp3) is 0.421. The maximum Gasteiger partial charge on any atom is 0.416 e. The number of nitrogens with zero attached hydrogens (tertiary/aromatic N) is 2. The molecule has 26 heavy (non-hydrogen) atoms. The molecule has 0 fully saturated rings. The van der Waals surface area contributed by atoms with Gasteiger partial charge in [-0.05, 0) is 65.5 Å². The summed E-state index contributed by atoms with van der Waals surface area (Å²) >= 11 is 3.26. The molecule has 3 nitrogen and oxygen atoms in total. The Balaban J connectivity index is 1.77. The molecule has 7 heteroatoms. The molecule has 1 aliphatic heterocycles. The van der Waals surface area contributed by atoms with Crippen molar-refractivity contribution in [3.63, 3.8) is 0 Å². The molecule has 2 aromatic rings. The van der Waals surface area contributed by atoms with E-state index in [2.05, 4.69) is 20.8 Å². The summed E-state index contributed by atoms with van der Waals surface area (Å²) in [5.74, 6) is 0. The lowest BCUT2D eigenvalue weighted by atomic mass is 9.99. The van der Waals surface area contributed by atoms with Crippen molar-refractivity contribution in [2.45, 2.75) is 45.6 Å². The Kier molecular flexibility index (Phi) is 5.30. The molecule has 0 amide bonds. The van der Waals surface area contributed by atoms with Gasteiger partial charge in [-0.1, -0.05) is 12.1 Å². The summed E-state index contributed by atoms with van der Waals surface area (Å²) in [6, 6.07) is 8.16. The average Bonchev–Trinajstić information content (AvgIpc) is 2.57. The monoisotopic (exact) mass is 428 g/mol. The number of rotatable bonds is 3. The number of pyridine rings is 1. The normalized spacial score (nSPS) is 18.0. The van der Waals surface area contributed by atoms with Gasteiger partial charge in [0, 0.05) is 31.4 Å². The summed E-state index contributed by atoms with van der Waals surface area (Å²) in [5.41, 5.74) is 1.33. The Hall–Kier alpha value is -1.60. The molecule has 0 saturated carbocycles. The predicted octanol–water partition coefficient (Wildman–Crippen LogP) is 4.38. The second-order valence-corrected chi connectivity index (χ2v) is 7.60. The van der Waals surface area contributed by atoms with Gasteiger partial charge in [-0.15, -0.1) is 0 Å². The van der Waals surface area contributed by atoms with E-state index in [1.54, 1.807) is 16.7 Å². The maximum absolute atomic E-state index is 13.1. The molecule has 1 aliphatic rings. The number of aromatic nitrogens is 1. The summed E-state index contributed by atoms with van der Waals surface area (Å²) in [4.78, 5) is 14.4. The minimum Gasteiger partial charge on any atom is -0.309 e. The highest BCUT2D eigenvalue weighted by molar-refractivity contribution is 9.10. The molecular weight excluding hydrogens is 409 g/mol. The van der Waals surface area contributed by atoms with E-state index in [1.165, 1.54) is 13.0 Å². The van der Waals surface area contributed by atoms with Gasteiger partial charge in [-0.2, -0.15) is 13.2 Å². The summed E-state index contributed by atoms with van der Waals surface area (Å²) in [6.45, 7) is 5.41. The SMILES string of the molecule is Cc1c(CCN2Cc3ccc(Br)c(=O)n3CC2C)cccc1C(F)(F)F. The lowest BCUT2D eigenvalue weighted by Crippen LogP contribution is -2.45. The summed E-state index contributed by atoms with van der Waals surface area (Å²) in [5, 5.41) is 0. The van der Waals surface area contributed by atoms with Crippen molar-refractivity contribution in [1.82, 2.24) is 9.47 Å². The molecule has 1 atom stereocenters. The quantitative estimate of drug-likeness (QED) is 0.724. The first-order valence-electron chi connectivity index (χ1n) is 8.46. The van der Waals surface area contributed by atoms with Crippen LogP contribution in [0.3, 0.4) is 0 Å². The molecule has 2 heterocycles. The van der Waals surface area contributed by atoms with Crippen LogP contribution >= 0.6 is 15.9 Å². The van der Waals surface area contributed by atoms with E-state index in [-0.39, 0.29) is 11.6 Å². The Bertz CT molecular complexity index is 876. The van der Waals surface area contributed by atoms with E-state index < -0.39 is 11.7 Å². The first-order valence-corrected chi connectivity index (χ1v) is 9.25. The van der Waals surface area contributed by atoms with Crippen LogP contribution < -0.4 is 5.56 Å². The van der Waals surface area contributed by atoms with Crippen LogP contribution in [0.4, 0.5) is 13.2 Å². The van der Waals surface area contributed by atoms with Crippen molar-refractivity contribution in [2.24, 2.45) is 0 Å². The smallest absolute Gasteiger partial charge is 0.309 e. The highest BCUT2D eigenvalue weighted by atomic mass is 79.9. The molecule has 1 aromatic heterocycles. The zero-order valence-corrected chi connectivity index (χ0v) is 16.2. The van der Waals surface area contributed by atoms with Crippen molar-refractivity contribution < 1.29 is 13.2 Å². The van der Waals surface area contributed by atoms with Crippen molar-refractivity contribution in [3.8, 4) is 0 Å². The van der Waals surface area contributed by atoms with Gasteiger partial charge in [-0.3, -0.25) is 9.69 Å². The molecule has 0 aliphatic carbocycles. The molecule has 0 N–H and O–H groups in total. The van der Waals surface area contributed by atoms with Crippen LogP contribution in [0.1, 0.15) is 29.3 Å². The summed E-state index contributed by atoms with van der Waals surface area (Å²) in [7, 11) is 0. The maximum atomic E-state index is 13.1. The minimum absolute atomic E-state index is 0.0391. The van der Waals surface area contributed by atoms with Gasteiger partial charge in [0.1, 0.15) is 0 Å². The van der Waals surface area contributed by atoms with E-state index in [1.807, 2.05) is 13.0 Å². The summed E-state index contributed by atoms with van der Waals surface area (Å²) < 4.78 is 41.5. The molecule has 0 bridgehead atoms. The minimum atomic E-state index is -4.33. The zero-order valence-electron chi connectivity index (χ0n) is 14.6. The first kappa shape index (κ1) is 19.2. The van der Waals surface area contributed by atoms with Crippen molar-refractivity contribution in [3.05, 3.63) is 67.5 Å². The molecule has 1 aromatic carbocycles. The second-order valence-electron chi connectivity index (χ2n) is 6.75. The van der Waals surface area contributed by atoms with Crippen molar-refractivity contribution >= 4 is 15.9 Å². The fourth-order valence-corrected chi connectivity index (χ4v) is 3.84. The molecule has 3 rings (SSSR count). The van der Waals surface area contributed by atoms with Gasteiger partial charge in [-0.25, -0.2) is 0 Å². The van der Waals surface area contributed by atoms with Crippen LogP contribution in [0.15, 0.2) is 39.6 Å². The van der Waals surface area contributed by atoms with E-state index in [0.29, 0.717) is 41.7 Å². The van der Waals surface area contributed by atoms with Gasteiger partial charge in [0.25, 0.3) is 5.56 Å². The van der Waals surface area contributed by atoms with Gasteiger partial charge in [0.2, 0.25) is 0 Å². The third-order valence-corrected chi connectivity index (χ3v) is 5.68. The Labute approximate surface area is 158 Å². The third kappa shape index (κ3) is 3.74. The van der Waals surface area contributed by atoms with Crippen molar-refractivity contribution in [2.75, 3.05) is 6.54 Å². The van der Waals surface area contributed by atoms with Gasteiger partial charge in [0.15, 0.2) is 0 Å². The summed E-state index contributed by atoms with van der Waals surface area (Å²) in [6.07, 6.45) is -3.78. The fourth-order valence-electron chi connectivity index (χ4n) is 3.50. The van der Waals surface area contributed by atoms with Crippen LogP contribution in [0.2, 0.25) is 0 Å². The average molecular weight is 429 g/mol. The predicted molar refractivity (Wildman–Crippen MR) is 98.2 cm³/mol. The lowest BCUT2D eigenvalue weighted by molar-refractivity contribution is -0.138. The first-order chi connectivity index (χ1) is 12.2. The Morgan fingerprint density at radius 3 is 2.65 bits per heavy atom. The van der Waals surface area contributed by atoms with Crippen LogP contribution in [0.25, 0.3) is 0 Å². The van der Waals surface area contributed by atoms with Gasteiger partial charge in [0.05, 0.1) is 10.0 Å². The zero-order chi connectivity index (χ0) is 19.1. The van der Waals surface area contributed by atoms with Crippen molar-refractivity contribution in [1.29, 1.82) is 0 Å². The molecular formula is C19H20BrF3N2O. The lowest BCUT2D eigenvalue weighted by Gasteiger charge is -2.35. The number of hydrogen-bond donors (Lipinski definition) is 0. The topological polar surface area (TPSA) is 25.2 Å². The Morgan fingerprint density at radius 2 is 1.96 bits per heavy atom. The molecule has 140 valence electrons. The number of alkyl halides is 3. The molecule has 0 radical (unpaired) electrons. The van der Waals surface area contributed by atoms with Crippen LogP contribution in [0.5, 0.6) is 0 Å². The number of fused-ring (bicyclic) bond motifs is 1. The van der Waals surface area contributed by atoms with E-state index in [4.69, 9.17) is 0 Å². The van der Waals surface area contributed by atoms with Crippen LogP contribution in [0, 0.1) is 6.92 Å². The Morgan fingerprint density at radius 1 is 1.23 bits per heavy atom. The van der Waals surface area contributed by atoms with Gasteiger partial charge >= 0.3 is 6.18 Å². The van der Waals surface area contributed by atoms with E-state index in [9.17, 15) is 18.0 Å². The number of benzene rings is 1. The molecule has 0 saturated heterocycles. The highest BCUT2D eigenvalue weighted by Crippen LogP contribution is 2.33. The van der Waals surface area contributed by atoms with Crippen LogP contribution in [-0.4, -0.2) is 22.1 Å². The van der Waals surface area contributed by atoms with Crippen LogP contribution in [-0.2, 0) is 25.7 Å².